The first-order valence-corrected chi connectivity index (χ1v) is 7.31. The van der Waals surface area contributed by atoms with E-state index < -0.39 is 17.5 Å². The predicted octanol–water partition coefficient (Wildman–Crippen LogP) is 2.85. The Morgan fingerprint density at radius 1 is 1.25 bits per heavy atom. The number of nitrogens with zero attached hydrogens (tertiary/aromatic N) is 2. The van der Waals surface area contributed by atoms with Gasteiger partial charge >= 0.3 is 0 Å². The lowest BCUT2D eigenvalue weighted by atomic mass is 10.00. The Bertz CT molecular complexity index is 950. The van der Waals surface area contributed by atoms with E-state index in [9.17, 15) is 14.0 Å². The zero-order valence-electron chi connectivity index (χ0n) is 13.7. The van der Waals surface area contributed by atoms with Crippen LogP contribution in [0, 0.1) is 19.7 Å². The summed E-state index contributed by atoms with van der Waals surface area (Å²) in [6, 6.07) is 4.06. The number of aromatic amines is 1. The molecule has 3 rings (SSSR count). The molecule has 0 saturated heterocycles. The molecule has 0 aliphatic rings. The fraction of sp³-hybridized carbons (Fsp3) is 0.235. The van der Waals surface area contributed by atoms with Gasteiger partial charge in [0.25, 0.3) is 11.7 Å². The van der Waals surface area contributed by atoms with Crippen molar-refractivity contribution in [2.24, 2.45) is 0 Å². The van der Waals surface area contributed by atoms with Gasteiger partial charge in [-0.05, 0) is 32.0 Å². The van der Waals surface area contributed by atoms with E-state index in [4.69, 9.17) is 4.52 Å². The highest BCUT2D eigenvalue weighted by molar-refractivity contribution is 6.46. The molecule has 2 heterocycles. The van der Waals surface area contributed by atoms with Gasteiger partial charge in [-0.1, -0.05) is 5.16 Å². The second kappa shape index (κ2) is 5.59. The molecule has 0 atom stereocenters. The molecule has 1 aromatic carbocycles. The SMILES string of the molecule is Cc1noc(C)c1-c1[nH]c2ccc(F)cc2c1C(=O)C(=O)N(C)C. The van der Waals surface area contributed by atoms with Crippen molar-refractivity contribution in [2.75, 3.05) is 14.1 Å². The lowest BCUT2D eigenvalue weighted by molar-refractivity contribution is -0.124. The third-order valence-corrected chi connectivity index (χ3v) is 3.87. The summed E-state index contributed by atoms with van der Waals surface area (Å²) in [5.41, 5.74) is 2.26. The van der Waals surface area contributed by atoms with E-state index in [-0.39, 0.29) is 5.56 Å². The Kier molecular flexibility index (Phi) is 3.71. The quantitative estimate of drug-likeness (QED) is 0.592. The number of aromatic nitrogens is 2. The molecule has 124 valence electrons. The average Bonchev–Trinajstić information content (AvgIpc) is 3.05. The van der Waals surface area contributed by atoms with Crippen LogP contribution in [-0.4, -0.2) is 40.8 Å². The Morgan fingerprint density at radius 2 is 1.96 bits per heavy atom. The van der Waals surface area contributed by atoms with Crippen LogP contribution in [0.5, 0.6) is 0 Å². The number of benzene rings is 1. The number of aryl methyl sites for hydroxylation is 2. The number of rotatable bonds is 3. The number of Topliss-reactive ketones (excluding diaryl/α,β-unsaturated/α-hetero) is 1. The molecule has 1 amide bonds. The van der Waals surface area contributed by atoms with Crippen LogP contribution >= 0.6 is 0 Å². The lowest BCUT2D eigenvalue weighted by Crippen LogP contribution is -2.30. The van der Waals surface area contributed by atoms with Crippen LogP contribution in [0.2, 0.25) is 0 Å². The topological polar surface area (TPSA) is 79.2 Å². The van der Waals surface area contributed by atoms with Gasteiger partial charge in [-0.25, -0.2) is 4.39 Å². The average molecular weight is 329 g/mol. The largest absolute Gasteiger partial charge is 0.361 e. The summed E-state index contributed by atoms with van der Waals surface area (Å²) in [6.45, 7) is 3.45. The third-order valence-electron chi connectivity index (χ3n) is 3.87. The fourth-order valence-corrected chi connectivity index (χ4v) is 2.74. The lowest BCUT2D eigenvalue weighted by Gasteiger charge is -2.10. The Morgan fingerprint density at radius 3 is 2.54 bits per heavy atom. The summed E-state index contributed by atoms with van der Waals surface area (Å²) in [5, 5.41) is 4.24. The number of halogens is 1. The third kappa shape index (κ3) is 2.38. The van der Waals surface area contributed by atoms with Gasteiger partial charge in [0.2, 0.25) is 0 Å². The number of hydrogen-bond donors (Lipinski definition) is 1. The van der Waals surface area contributed by atoms with Crippen LogP contribution in [0.4, 0.5) is 4.39 Å². The first-order valence-electron chi connectivity index (χ1n) is 7.31. The number of carbonyl (C=O) groups excluding carboxylic acids is 2. The number of H-pyrrole nitrogens is 1. The minimum absolute atomic E-state index is 0.123. The van der Waals surface area contributed by atoms with Gasteiger partial charge in [0.1, 0.15) is 11.6 Å². The molecule has 0 fully saturated rings. The molecule has 6 nitrogen and oxygen atoms in total. The minimum atomic E-state index is -0.716. The normalized spacial score (nSPS) is 11.0. The predicted molar refractivity (Wildman–Crippen MR) is 86.3 cm³/mol. The van der Waals surface area contributed by atoms with Gasteiger partial charge in [-0.15, -0.1) is 0 Å². The van der Waals surface area contributed by atoms with Crippen molar-refractivity contribution in [3.05, 3.63) is 41.0 Å². The maximum atomic E-state index is 13.7. The number of ketones is 1. The van der Waals surface area contributed by atoms with Crippen molar-refractivity contribution in [3.8, 4) is 11.3 Å². The van der Waals surface area contributed by atoms with Crippen LogP contribution in [-0.2, 0) is 4.79 Å². The minimum Gasteiger partial charge on any atom is -0.361 e. The van der Waals surface area contributed by atoms with Gasteiger partial charge in [-0.3, -0.25) is 9.59 Å². The van der Waals surface area contributed by atoms with E-state index in [2.05, 4.69) is 10.1 Å². The first-order chi connectivity index (χ1) is 11.3. The van der Waals surface area contributed by atoms with Crippen LogP contribution in [0.1, 0.15) is 21.8 Å². The van der Waals surface area contributed by atoms with Crippen molar-refractivity contribution >= 4 is 22.6 Å². The Hall–Kier alpha value is -2.96. The maximum Gasteiger partial charge on any atom is 0.294 e. The van der Waals surface area contributed by atoms with Gasteiger partial charge in [0.05, 0.1) is 22.5 Å². The zero-order valence-corrected chi connectivity index (χ0v) is 13.7. The molecule has 0 bridgehead atoms. The van der Waals surface area contributed by atoms with Crippen LogP contribution in [0.15, 0.2) is 22.7 Å². The van der Waals surface area contributed by atoms with Crippen molar-refractivity contribution in [3.63, 3.8) is 0 Å². The summed E-state index contributed by atoms with van der Waals surface area (Å²) in [4.78, 5) is 29.2. The highest BCUT2D eigenvalue weighted by atomic mass is 19.1. The van der Waals surface area contributed by atoms with E-state index in [0.29, 0.717) is 33.6 Å². The summed E-state index contributed by atoms with van der Waals surface area (Å²) in [5.74, 6) is -1.39. The van der Waals surface area contributed by atoms with Gasteiger partial charge in [0, 0.05) is 25.0 Å². The van der Waals surface area contributed by atoms with E-state index in [1.807, 2.05) is 0 Å². The number of carbonyl (C=O) groups is 2. The zero-order chi connectivity index (χ0) is 17.6. The molecular weight excluding hydrogens is 313 g/mol. The second-order valence-corrected chi connectivity index (χ2v) is 5.79. The van der Waals surface area contributed by atoms with E-state index >= 15 is 0 Å². The van der Waals surface area contributed by atoms with E-state index in [1.165, 1.54) is 37.2 Å². The van der Waals surface area contributed by atoms with Crippen LogP contribution in [0.3, 0.4) is 0 Å². The molecule has 24 heavy (non-hydrogen) atoms. The van der Waals surface area contributed by atoms with Crippen molar-refractivity contribution in [1.82, 2.24) is 15.0 Å². The standard InChI is InChI=1S/C17H16FN3O3/c1-8-13(9(2)24-20-8)15-14(16(22)17(23)21(3)4)11-7-10(18)5-6-12(11)19-15/h5-7,19H,1-4H3. The molecule has 0 spiro atoms. The molecule has 0 unspecified atom stereocenters. The summed E-state index contributed by atoms with van der Waals surface area (Å²) >= 11 is 0. The number of amides is 1. The first kappa shape index (κ1) is 15.9. The highest BCUT2D eigenvalue weighted by Gasteiger charge is 2.29. The smallest absolute Gasteiger partial charge is 0.294 e. The Labute approximate surface area is 137 Å². The molecule has 0 radical (unpaired) electrons. The van der Waals surface area contributed by atoms with Crippen LogP contribution < -0.4 is 0 Å². The van der Waals surface area contributed by atoms with Crippen molar-refractivity contribution in [1.29, 1.82) is 0 Å². The monoisotopic (exact) mass is 329 g/mol. The van der Waals surface area contributed by atoms with Gasteiger partial charge in [-0.2, -0.15) is 0 Å². The molecule has 0 aliphatic heterocycles. The number of fused-ring (bicyclic) bond motifs is 1. The van der Waals surface area contributed by atoms with Gasteiger partial charge < -0.3 is 14.4 Å². The summed E-state index contributed by atoms with van der Waals surface area (Å²) in [6.07, 6.45) is 0. The molecule has 2 aromatic heterocycles. The second-order valence-electron chi connectivity index (χ2n) is 5.79. The van der Waals surface area contributed by atoms with E-state index in [1.54, 1.807) is 13.8 Å². The molecule has 3 aromatic rings. The van der Waals surface area contributed by atoms with E-state index in [0.717, 1.165) is 0 Å². The number of nitrogens with one attached hydrogen (secondary N) is 1. The van der Waals surface area contributed by atoms with Crippen molar-refractivity contribution in [2.45, 2.75) is 13.8 Å². The fourth-order valence-electron chi connectivity index (χ4n) is 2.74. The highest BCUT2D eigenvalue weighted by Crippen LogP contribution is 2.35. The van der Waals surface area contributed by atoms with Gasteiger partial charge in [0.15, 0.2) is 0 Å². The number of hydrogen-bond acceptors (Lipinski definition) is 4. The van der Waals surface area contributed by atoms with Crippen LogP contribution in [0.25, 0.3) is 22.2 Å². The molecular formula is C17H16FN3O3. The summed E-state index contributed by atoms with van der Waals surface area (Å²) < 4.78 is 18.9. The Balaban J connectivity index is 2.36. The molecule has 0 saturated carbocycles. The molecule has 7 heteroatoms. The number of likely N-dealkylation sites (N-methyl/N-ethyl adjacent to an activating group) is 1. The van der Waals surface area contributed by atoms with Crippen molar-refractivity contribution < 1.29 is 18.5 Å². The molecule has 1 N–H and O–H groups in total. The summed E-state index contributed by atoms with van der Waals surface area (Å²) in [7, 11) is 2.98. The molecule has 0 aliphatic carbocycles. The maximum absolute atomic E-state index is 13.7.